The number of nitrogen functional groups attached to an aromatic ring is 1. The van der Waals surface area contributed by atoms with E-state index in [2.05, 4.69) is 44.0 Å². The predicted octanol–water partition coefficient (Wildman–Crippen LogP) is 4.14. The number of nitrogens with two attached hydrogens (primary N) is 2. The number of likely N-dealkylation sites (N-methyl/N-ethyl adjacent to an activating group) is 1. The molecule has 3 aromatic carbocycles. The maximum atomic E-state index is 6.75. The molecule has 0 radical (unpaired) electrons. The van der Waals surface area contributed by atoms with E-state index in [1.54, 1.807) is 0 Å². The highest BCUT2D eigenvalue weighted by atomic mass is 16.5. The molecule has 3 aromatic rings. The number of anilines is 2. The Morgan fingerprint density at radius 2 is 1.90 bits per heavy atom. The zero-order valence-electron chi connectivity index (χ0n) is 17.1. The molecule has 0 saturated carbocycles. The van der Waals surface area contributed by atoms with E-state index < -0.39 is 5.72 Å². The molecule has 5 heteroatoms. The van der Waals surface area contributed by atoms with Crippen LogP contribution in [0.1, 0.15) is 25.0 Å². The van der Waals surface area contributed by atoms with Gasteiger partial charge in [0.15, 0.2) is 0 Å². The summed E-state index contributed by atoms with van der Waals surface area (Å²) in [5.74, 6) is 0.778. The van der Waals surface area contributed by atoms with E-state index in [1.165, 1.54) is 11.1 Å². The van der Waals surface area contributed by atoms with Crippen molar-refractivity contribution in [3.63, 3.8) is 0 Å². The fourth-order valence-corrected chi connectivity index (χ4v) is 4.84. The maximum Gasteiger partial charge on any atom is 0.228 e. The van der Waals surface area contributed by atoms with Crippen LogP contribution in [-0.4, -0.2) is 25.5 Å². The molecule has 2 aliphatic heterocycles. The molecule has 2 aliphatic rings. The number of rotatable bonds is 2. The van der Waals surface area contributed by atoms with Crippen LogP contribution in [0.5, 0.6) is 5.75 Å². The minimum absolute atomic E-state index is 0.298. The van der Waals surface area contributed by atoms with E-state index in [9.17, 15) is 0 Å². The lowest BCUT2D eigenvalue weighted by molar-refractivity contribution is 0.0826. The molecular weight excluding hydrogens is 360 g/mol. The minimum atomic E-state index is -0.697. The van der Waals surface area contributed by atoms with Gasteiger partial charge >= 0.3 is 0 Å². The van der Waals surface area contributed by atoms with Crippen LogP contribution in [0.4, 0.5) is 17.1 Å². The van der Waals surface area contributed by atoms with Gasteiger partial charge in [0.1, 0.15) is 11.4 Å². The van der Waals surface area contributed by atoms with E-state index in [0.717, 1.165) is 40.0 Å². The van der Waals surface area contributed by atoms with Crippen molar-refractivity contribution in [3.05, 3.63) is 59.7 Å². The van der Waals surface area contributed by atoms with Crippen LogP contribution in [0.2, 0.25) is 0 Å². The number of hydrogen-bond acceptors (Lipinski definition) is 5. The number of fused-ring (bicyclic) bond motifs is 4. The largest absolute Gasteiger partial charge is 0.459 e. The summed E-state index contributed by atoms with van der Waals surface area (Å²) in [6, 6.07) is 16.5. The molecule has 5 nitrogen and oxygen atoms in total. The zero-order valence-corrected chi connectivity index (χ0v) is 17.1. The third kappa shape index (κ3) is 2.28. The Labute approximate surface area is 171 Å². The topological polar surface area (TPSA) is 76.9 Å². The first-order chi connectivity index (χ1) is 13.9. The minimum Gasteiger partial charge on any atom is -0.459 e. The lowest BCUT2D eigenvalue weighted by atomic mass is 9.77. The van der Waals surface area contributed by atoms with E-state index in [1.807, 2.05) is 36.5 Å². The second-order valence-corrected chi connectivity index (χ2v) is 8.49. The summed E-state index contributed by atoms with van der Waals surface area (Å²) in [6.45, 7) is 5.08. The van der Waals surface area contributed by atoms with Gasteiger partial charge in [-0.3, -0.25) is 4.99 Å². The van der Waals surface area contributed by atoms with Gasteiger partial charge in [-0.05, 0) is 62.2 Å². The number of ether oxygens (including phenoxy) is 1. The van der Waals surface area contributed by atoms with Crippen molar-refractivity contribution in [2.24, 2.45) is 10.7 Å². The zero-order chi connectivity index (χ0) is 20.4. The Kier molecular flexibility index (Phi) is 3.71. The summed E-state index contributed by atoms with van der Waals surface area (Å²) < 4.78 is 6.75. The lowest BCUT2D eigenvalue weighted by Gasteiger charge is -2.45. The smallest absolute Gasteiger partial charge is 0.228 e. The Bertz CT molecular complexity index is 1170. The quantitative estimate of drug-likeness (QED) is 0.649. The van der Waals surface area contributed by atoms with E-state index in [-0.39, 0.29) is 5.41 Å². The number of aliphatic imine (C=N–C) groups is 1. The molecule has 1 atom stereocenters. The van der Waals surface area contributed by atoms with Gasteiger partial charge in [-0.2, -0.15) is 0 Å². The highest BCUT2D eigenvalue weighted by molar-refractivity contribution is 6.04. The van der Waals surface area contributed by atoms with Crippen molar-refractivity contribution in [1.29, 1.82) is 0 Å². The molecule has 5 rings (SSSR count). The first-order valence-electron chi connectivity index (χ1n) is 10.0. The maximum absolute atomic E-state index is 6.75. The highest BCUT2D eigenvalue weighted by Gasteiger charge is 2.58. The van der Waals surface area contributed by atoms with Crippen molar-refractivity contribution in [2.45, 2.75) is 31.4 Å². The fraction of sp³-hybridized carbons (Fsp3) is 0.292. The Morgan fingerprint density at radius 1 is 1.07 bits per heavy atom. The lowest BCUT2D eigenvalue weighted by Crippen LogP contribution is -2.61. The molecule has 0 amide bonds. The van der Waals surface area contributed by atoms with Crippen LogP contribution in [0, 0.1) is 0 Å². The van der Waals surface area contributed by atoms with Crippen molar-refractivity contribution in [1.82, 2.24) is 0 Å². The van der Waals surface area contributed by atoms with Crippen LogP contribution >= 0.6 is 0 Å². The van der Waals surface area contributed by atoms with Gasteiger partial charge in [0.05, 0.1) is 11.6 Å². The summed E-state index contributed by atoms with van der Waals surface area (Å²) in [4.78, 5) is 7.12. The Morgan fingerprint density at radius 3 is 2.69 bits per heavy atom. The highest BCUT2D eigenvalue weighted by Crippen LogP contribution is 2.54. The van der Waals surface area contributed by atoms with Crippen molar-refractivity contribution in [3.8, 4) is 5.75 Å². The first kappa shape index (κ1) is 18.0. The van der Waals surface area contributed by atoms with Crippen LogP contribution in [0.25, 0.3) is 10.8 Å². The van der Waals surface area contributed by atoms with Crippen LogP contribution in [-0.2, 0) is 11.8 Å². The molecule has 1 unspecified atom stereocenters. The van der Waals surface area contributed by atoms with Crippen LogP contribution in [0.15, 0.2) is 53.5 Å². The van der Waals surface area contributed by atoms with Gasteiger partial charge in [-0.25, -0.2) is 0 Å². The van der Waals surface area contributed by atoms with E-state index >= 15 is 0 Å². The average molecular weight is 386 g/mol. The monoisotopic (exact) mass is 386 g/mol. The summed E-state index contributed by atoms with van der Waals surface area (Å²) in [5, 5.41) is 2.01. The van der Waals surface area contributed by atoms with E-state index in [0.29, 0.717) is 6.54 Å². The van der Waals surface area contributed by atoms with Gasteiger partial charge in [-0.15, -0.1) is 0 Å². The molecule has 148 valence electrons. The van der Waals surface area contributed by atoms with Gasteiger partial charge in [0.2, 0.25) is 5.72 Å². The summed E-state index contributed by atoms with van der Waals surface area (Å²) in [7, 11) is 2.08. The van der Waals surface area contributed by atoms with Gasteiger partial charge < -0.3 is 21.1 Å². The molecule has 2 heterocycles. The molecule has 0 aliphatic carbocycles. The molecule has 1 spiro atoms. The second-order valence-electron chi connectivity index (χ2n) is 8.49. The third-order valence-electron chi connectivity index (χ3n) is 6.59. The molecule has 0 bridgehead atoms. The van der Waals surface area contributed by atoms with Gasteiger partial charge in [0.25, 0.3) is 0 Å². The van der Waals surface area contributed by atoms with Crippen LogP contribution < -0.4 is 21.1 Å². The van der Waals surface area contributed by atoms with Crippen molar-refractivity contribution >= 4 is 34.0 Å². The SMILES string of the molecule is CN1c2ccc(CCN)cc2C(C)(C)C12C=Nc1c(ccc3c(N)cccc13)O2. The van der Waals surface area contributed by atoms with Gasteiger partial charge in [-0.1, -0.05) is 24.3 Å². The molecule has 0 aromatic heterocycles. The molecule has 4 N–H and O–H groups in total. The Hall–Kier alpha value is -3.05. The molecule has 0 saturated heterocycles. The standard InChI is InChI=1S/C24H26N4O/c1-23(2)18-13-15(11-12-25)7-9-20(18)28(3)24(23)14-27-22-17-5-4-6-19(26)16(17)8-10-21(22)29-24/h4-10,13-14H,11-12,25-26H2,1-3H3. The molecular formula is C24H26N4O. The number of hydrogen-bond donors (Lipinski definition) is 2. The molecule has 29 heavy (non-hydrogen) atoms. The normalized spacial score (nSPS) is 21.3. The number of benzene rings is 3. The molecule has 0 fully saturated rings. The second kappa shape index (κ2) is 5.97. The summed E-state index contributed by atoms with van der Waals surface area (Å²) in [6.07, 6.45) is 2.83. The first-order valence-corrected chi connectivity index (χ1v) is 10.0. The summed E-state index contributed by atoms with van der Waals surface area (Å²) >= 11 is 0. The fourth-order valence-electron chi connectivity index (χ4n) is 4.84. The van der Waals surface area contributed by atoms with Gasteiger partial charge in [0, 0.05) is 29.2 Å². The number of nitrogens with zero attached hydrogens (tertiary/aromatic N) is 2. The van der Waals surface area contributed by atoms with Crippen molar-refractivity contribution in [2.75, 3.05) is 24.2 Å². The van der Waals surface area contributed by atoms with E-state index in [4.69, 9.17) is 21.2 Å². The Balaban J connectivity index is 1.66. The third-order valence-corrected chi connectivity index (χ3v) is 6.59. The predicted molar refractivity (Wildman–Crippen MR) is 121 cm³/mol. The van der Waals surface area contributed by atoms with Crippen LogP contribution in [0.3, 0.4) is 0 Å². The summed E-state index contributed by atoms with van der Waals surface area (Å²) in [5.41, 5.74) is 16.2. The average Bonchev–Trinajstić information content (AvgIpc) is 2.87. The van der Waals surface area contributed by atoms with Crippen molar-refractivity contribution < 1.29 is 4.74 Å².